The van der Waals surface area contributed by atoms with Crippen LogP contribution in [0.3, 0.4) is 0 Å². The lowest BCUT2D eigenvalue weighted by atomic mass is 9.80. The summed E-state index contributed by atoms with van der Waals surface area (Å²) in [5.74, 6) is -1.67. The molecule has 2 aliphatic rings. The van der Waals surface area contributed by atoms with Crippen LogP contribution in [0.2, 0.25) is 0 Å². The van der Waals surface area contributed by atoms with Crippen LogP contribution in [0.1, 0.15) is 49.4 Å². The Balaban J connectivity index is 1.56. The molecular formula is C22H22F3N5O3S. The highest BCUT2D eigenvalue weighted by Crippen LogP contribution is 2.40. The summed E-state index contributed by atoms with van der Waals surface area (Å²) in [7, 11) is -3.63. The van der Waals surface area contributed by atoms with Gasteiger partial charge in [-0.15, -0.1) is 0 Å². The number of hydrogen-bond acceptors (Lipinski definition) is 6. The van der Waals surface area contributed by atoms with Crippen molar-refractivity contribution in [3.05, 3.63) is 35.7 Å². The molecule has 2 aromatic heterocycles. The first-order valence-electron chi connectivity index (χ1n) is 10.8. The fourth-order valence-electron chi connectivity index (χ4n) is 4.02. The Hall–Kier alpha value is -3.15. The average Bonchev–Trinajstić information content (AvgIpc) is 3.28. The number of benzene rings is 1. The third-order valence-corrected chi connectivity index (χ3v) is 7.37. The molecule has 2 unspecified atom stereocenters. The summed E-state index contributed by atoms with van der Waals surface area (Å²) in [6.07, 6.45) is 0.182. The Morgan fingerprint density at radius 1 is 1.18 bits per heavy atom. The number of nitrogens with one attached hydrogen (secondary N) is 3. The topological polar surface area (TPSA) is 117 Å². The number of fused-ring (bicyclic) bond motifs is 1. The minimum atomic E-state index is -3.63. The fourth-order valence-corrected chi connectivity index (χ4v) is 4.88. The zero-order valence-electron chi connectivity index (χ0n) is 18.1. The van der Waals surface area contributed by atoms with Gasteiger partial charge in [0.15, 0.2) is 21.3 Å². The minimum absolute atomic E-state index is 0.0154. The third kappa shape index (κ3) is 4.33. The van der Waals surface area contributed by atoms with Crippen molar-refractivity contribution in [2.75, 3.05) is 16.9 Å². The molecule has 0 bridgehead atoms. The molecule has 0 saturated heterocycles. The van der Waals surface area contributed by atoms with Gasteiger partial charge < -0.3 is 15.6 Å². The first kappa shape index (κ1) is 22.6. The highest BCUT2D eigenvalue weighted by molar-refractivity contribution is 7.90. The van der Waals surface area contributed by atoms with Gasteiger partial charge in [0.1, 0.15) is 17.5 Å². The van der Waals surface area contributed by atoms with Gasteiger partial charge in [0.25, 0.3) is 6.43 Å². The van der Waals surface area contributed by atoms with Crippen LogP contribution < -0.4 is 10.6 Å². The molecule has 0 radical (unpaired) electrons. The molecular weight excluding hydrogens is 471 g/mol. The summed E-state index contributed by atoms with van der Waals surface area (Å²) in [5.41, 5.74) is 1.38. The monoisotopic (exact) mass is 493 g/mol. The predicted octanol–water partition coefficient (Wildman–Crippen LogP) is 4.61. The van der Waals surface area contributed by atoms with Crippen LogP contribution in [0.4, 0.5) is 30.4 Å². The van der Waals surface area contributed by atoms with E-state index in [2.05, 4.69) is 25.6 Å². The molecule has 2 aliphatic carbocycles. The quantitative estimate of drug-likeness (QED) is 0.443. The molecule has 3 N–H and O–H groups in total. The average molecular weight is 494 g/mol. The summed E-state index contributed by atoms with van der Waals surface area (Å²) < 4.78 is 64.9. The van der Waals surface area contributed by atoms with Gasteiger partial charge in [-0.1, -0.05) is 12.5 Å². The van der Waals surface area contributed by atoms with Gasteiger partial charge >= 0.3 is 0 Å². The number of H-pyrrole nitrogens is 1. The van der Waals surface area contributed by atoms with Gasteiger partial charge in [0.05, 0.1) is 22.2 Å². The van der Waals surface area contributed by atoms with Crippen molar-refractivity contribution in [3.63, 3.8) is 0 Å². The summed E-state index contributed by atoms with van der Waals surface area (Å²) in [5, 5.41) is 5.47. The molecule has 5 rings (SSSR count). The Bertz CT molecular complexity index is 1390. The van der Waals surface area contributed by atoms with Crippen LogP contribution in [-0.2, 0) is 14.6 Å². The summed E-state index contributed by atoms with van der Waals surface area (Å²) in [6.45, 7) is 0. The van der Waals surface area contributed by atoms with E-state index in [1.165, 1.54) is 6.07 Å². The Morgan fingerprint density at radius 3 is 2.50 bits per heavy atom. The number of carbonyl (C=O) groups is 1. The van der Waals surface area contributed by atoms with Crippen molar-refractivity contribution in [1.29, 1.82) is 0 Å². The predicted molar refractivity (Wildman–Crippen MR) is 120 cm³/mol. The lowest BCUT2D eigenvalue weighted by molar-refractivity contribution is -0.117. The summed E-state index contributed by atoms with van der Waals surface area (Å²) in [6, 6.07) is 6.48. The number of sulfone groups is 1. The first-order chi connectivity index (χ1) is 16.1. The molecule has 1 amide bonds. The van der Waals surface area contributed by atoms with E-state index >= 15 is 0 Å². The number of pyridine rings is 1. The second kappa shape index (κ2) is 8.26. The molecule has 180 valence electrons. The number of carbonyl (C=O) groups excluding carboxylic acids is 1. The lowest BCUT2D eigenvalue weighted by Gasteiger charge is -2.26. The van der Waals surface area contributed by atoms with Gasteiger partial charge in [-0.25, -0.2) is 31.6 Å². The molecule has 34 heavy (non-hydrogen) atoms. The maximum absolute atomic E-state index is 13.3. The maximum Gasteiger partial charge on any atom is 0.295 e. The van der Waals surface area contributed by atoms with E-state index in [1.807, 2.05) is 6.07 Å². The largest absolute Gasteiger partial charge is 0.353 e. The number of amides is 1. The van der Waals surface area contributed by atoms with E-state index in [9.17, 15) is 26.4 Å². The molecule has 2 atom stereocenters. The van der Waals surface area contributed by atoms with E-state index in [-0.39, 0.29) is 39.7 Å². The second-order valence-corrected chi connectivity index (χ2v) is 10.8. The smallest absolute Gasteiger partial charge is 0.295 e. The highest BCUT2D eigenvalue weighted by Gasteiger charge is 2.43. The van der Waals surface area contributed by atoms with Crippen LogP contribution in [0.15, 0.2) is 29.2 Å². The first-order valence-corrected chi connectivity index (χ1v) is 12.7. The molecule has 12 heteroatoms. The number of nitrogens with zero attached hydrogens (tertiary/aromatic N) is 2. The zero-order chi connectivity index (χ0) is 24.2. The van der Waals surface area contributed by atoms with Gasteiger partial charge in [-0.2, -0.15) is 0 Å². The number of hydrogen-bond donors (Lipinski definition) is 3. The van der Waals surface area contributed by atoms with E-state index in [1.54, 1.807) is 12.1 Å². The van der Waals surface area contributed by atoms with Gasteiger partial charge in [0, 0.05) is 12.3 Å². The molecule has 2 saturated carbocycles. The van der Waals surface area contributed by atoms with Gasteiger partial charge in [-0.3, -0.25) is 4.79 Å². The maximum atomic E-state index is 13.3. The van der Waals surface area contributed by atoms with Crippen LogP contribution in [0.5, 0.6) is 0 Å². The lowest BCUT2D eigenvalue weighted by Crippen LogP contribution is -2.16. The number of halogens is 3. The van der Waals surface area contributed by atoms with Gasteiger partial charge in [0.2, 0.25) is 5.91 Å². The third-order valence-electron chi connectivity index (χ3n) is 6.24. The van der Waals surface area contributed by atoms with Gasteiger partial charge in [-0.05, 0) is 42.9 Å². The number of anilines is 3. The number of imidazole rings is 1. The molecule has 2 heterocycles. The molecule has 0 aliphatic heterocycles. The van der Waals surface area contributed by atoms with Crippen molar-refractivity contribution in [2.45, 2.75) is 49.1 Å². The number of alkyl halides is 3. The molecule has 8 nitrogen and oxygen atoms in total. The molecule has 1 aromatic carbocycles. The highest BCUT2D eigenvalue weighted by atomic mass is 32.2. The number of aromatic amines is 1. The summed E-state index contributed by atoms with van der Waals surface area (Å²) in [4.78, 5) is 22.6. The van der Waals surface area contributed by atoms with Crippen LogP contribution >= 0.6 is 0 Å². The number of aromatic nitrogens is 3. The van der Waals surface area contributed by atoms with E-state index in [0.717, 1.165) is 31.1 Å². The van der Waals surface area contributed by atoms with E-state index < -0.39 is 40.1 Å². The van der Waals surface area contributed by atoms with Crippen molar-refractivity contribution < 1.29 is 26.4 Å². The molecule has 2 fully saturated rings. The second-order valence-electron chi connectivity index (χ2n) is 8.80. The standard InChI is InChI=1S/C22H22F3N5O3S/c1-34(32,33)16-7-11(10-3-2-4-10)5-6-14(16)26-15-9-17(28-22(31)12-8-13(12)23)27-20-18(15)29-21(30-20)19(24)25/h5-7,9-10,12-13,19H,2-4,8H2,1H3,(H3,26,27,28,29,30,31). The number of rotatable bonds is 7. The van der Waals surface area contributed by atoms with Crippen molar-refractivity contribution in [2.24, 2.45) is 5.92 Å². The van der Waals surface area contributed by atoms with E-state index in [4.69, 9.17) is 0 Å². The fraction of sp³-hybridized carbons (Fsp3) is 0.409. The van der Waals surface area contributed by atoms with Crippen LogP contribution in [0.25, 0.3) is 11.2 Å². The van der Waals surface area contributed by atoms with Crippen LogP contribution in [0, 0.1) is 5.92 Å². The van der Waals surface area contributed by atoms with E-state index in [0.29, 0.717) is 5.92 Å². The van der Waals surface area contributed by atoms with Crippen molar-refractivity contribution in [3.8, 4) is 0 Å². The normalized spacial score (nSPS) is 20.4. The molecule has 3 aromatic rings. The SMILES string of the molecule is CS(=O)(=O)c1cc(C2CCC2)ccc1Nc1cc(NC(=O)C2CC2F)nc2nc(C(F)F)[nH]c12. The minimum Gasteiger partial charge on any atom is -0.353 e. The van der Waals surface area contributed by atoms with Crippen molar-refractivity contribution >= 4 is 44.1 Å². The Morgan fingerprint density at radius 2 is 1.91 bits per heavy atom. The summed E-state index contributed by atoms with van der Waals surface area (Å²) >= 11 is 0. The Labute approximate surface area is 193 Å². The Kier molecular flexibility index (Phi) is 5.50. The zero-order valence-corrected chi connectivity index (χ0v) is 18.9. The van der Waals surface area contributed by atoms with Crippen LogP contribution in [-0.4, -0.2) is 41.7 Å². The molecule has 0 spiro atoms. The van der Waals surface area contributed by atoms with Crippen molar-refractivity contribution in [1.82, 2.24) is 15.0 Å².